The van der Waals surface area contributed by atoms with Gasteiger partial charge < -0.3 is 13.7 Å². The summed E-state index contributed by atoms with van der Waals surface area (Å²) in [5, 5.41) is 10.7. The molecular weight excluding hydrogens is 398 g/mol. The fourth-order valence-electron chi connectivity index (χ4n) is 2.84. The first-order valence-corrected chi connectivity index (χ1v) is 9.35. The molecule has 4 rings (SSSR count). The summed E-state index contributed by atoms with van der Waals surface area (Å²) in [5.74, 6) is 1.44. The largest absolute Gasteiger partial charge is 0.486 e. The maximum absolute atomic E-state index is 12.4. The number of aromatic nitrogens is 2. The fourth-order valence-corrected chi connectivity index (χ4v) is 2.84. The Labute approximate surface area is 177 Å². The molecule has 8 nitrogen and oxygen atoms in total. The van der Waals surface area contributed by atoms with Crippen molar-refractivity contribution >= 4 is 17.5 Å². The van der Waals surface area contributed by atoms with Gasteiger partial charge in [0.05, 0.1) is 11.3 Å². The van der Waals surface area contributed by atoms with Gasteiger partial charge in [0.1, 0.15) is 23.9 Å². The van der Waals surface area contributed by atoms with Crippen molar-refractivity contribution < 1.29 is 18.9 Å². The van der Waals surface area contributed by atoms with Crippen LogP contribution < -0.4 is 4.74 Å². The molecule has 154 valence electrons. The van der Waals surface area contributed by atoms with Crippen LogP contribution in [0, 0.1) is 10.1 Å². The van der Waals surface area contributed by atoms with Gasteiger partial charge in [-0.25, -0.2) is 4.98 Å². The number of non-ortho nitro benzene ring substituents is 1. The molecule has 0 saturated carbocycles. The minimum absolute atomic E-state index is 0.00110. The van der Waals surface area contributed by atoms with Crippen LogP contribution >= 0.6 is 0 Å². The van der Waals surface area contributed by atoms with Crippen LogP contribution in [0.15, 0.2) is 89.9 Å². The number of hydrogen-bond acceptors (Lipinski definition) is 6. The zero-order valence-corrected chi connectivity index (χ0v) is 16.3. The second-order valence-corrected chi connectivity index (χ2v) is 6.56. The van der Waals surface area contributed by atoms with Crippen molar-refractivity contribution in [2.45, 2.75) is 6.61 Å². The van der Waals surface area contributed by atoms with Gasteiger partial charge >= 0.3 is 0 Å². The monoisotopic (exact) mass is 415 g/mol. The van der Waals surface area contributed by atoms with E-state index < -0.39 is 4.92 Å². The van der Waals surface area contributed by atoms with Gasteiger partial charge in [0, 0.05) is 35.8 Å². The van der Waals surface area contributed by atoms with Crippen molar-refractivity contribution in [3.8, 4) is 11.4 Å². The highest BCUT2D eigenvalue weighted by molar-refractivity contribution is 6.06. The lowest BCUT2D eigenvalue weighted by Crippen LogP contribution is -1.96. The molecule has 0 unspecified atom stereocenters. The van der Waals surface area contributed by atoms with Gasteiger partial charge in [-0.2, -0.15) is 0 Å². The normalized spacial score (nSPS) is 11.0. The minimum Gasteiger partial charge on any atom is -0.486 e. The fraction of sp³-hybridized carbons (Fsp3) is 0.0435. The maximum Gasteiger partial charge on any atom is 0.269 e. The van der Waals surface area contributed by atoms with E-state index >= 15 is 0 Å². The average Bonchev–Trinajstić information content (AvgIpc) is 3.49. The van der Waals surface area contributed by atoms with Gasteiger partial charge in [-0.1, -0.05) is 0 Å². The summed E-state index contributed by atoms with van der Waals surface area (Å²) in [6.45, 7) is 0.162. The molecular formula is C23H17N3O5. The van der Waals surface area contributed by atoms with Gasteiger partial charge in [0.25, 0.3) is 5.69 Å². The Morgan fingerprint density at radius 3 is 2.55 bits per heavy atom. The Morgan fingerprint density at radius 2 is 1.87 bits per heavy atom. The molecule has 0 N–H and O–H groups in total. The van der Waals surface area contributed by atoms with Crippen molar-refractivity contribution in [1.29, 1.82) is 0 Å². The molecule has 8 heteroatoms. The first-order chi connectivity index (χ1) is 15.1. The zero-order chi connectivity index (χ0) is 21.6. The highest BCUT2D eigenvalue weighted by atomic mass is 16.6. The van der Waals surface area contributed by atoms with Crippen molar-refractivity contribution in [2.24, 2.45) is 0 Å². The molecule has 2 aromatic heterocycles. The van der Waals surface area contributed by atoms with Crippen LogP contribution in [0.4, 0.5) is 5.69 Å². The highest BCUT2D eigenvalue weighted by Gasteiger charge is 2.07. The molecule has 2 heterocycles. The number of benzene rings is 2. The molecule has 2 aromatic carbocycles. The summed E-state index contributed by atoms with van der Waals surface area (Å²) in [6, 6.07) is 16.5. The number of ether oxygens (including phenoxy) is 1. The van der Waals surface area contributed by atoms with Gasteiger partial charge in [-0.05, 0) is 60.7 Å². The minimum atomic E-state index is -0.468. The van der Waals surface area contributed by atoms with Crippen LogP contribution in [-0.4, -0.2) is 20.3 Å². The van der Waals surface area contributed by atoms with Crippen LogP contribution in [0.25, 0.3) is 11.8 Å². The molecule has 4 aromatic rings. The molecule has 31 heavy (non-hydrogen) atoms. The summed E-state index contributed by atoms with van der Waals surface area (Å²) in [4.78, 5) is 26.6. The number of carbonyl (C=O) groups is 1. The average molecular weight is 415 g/mol. The quantitative estimate of drug-likeness (QED) is 0.176. The molecule has 0 atom stereocenters. The van der Waals surface area contributed by atoms with Crippen LogP contribution in [0.1, 0.15) is 21.9 Å². The Balaban J connectivity index is 1.33. The van der Waals surface area contributed by atoms with Gasteiger partial charge in [-0.15, -0.1) is 0 Å². The molecule has 0 radical (unpaired) electrons. The first-order valence-electron chi connectivity index (χ1n) is 9.35. The molecule has 0 amide bonds. The maximum atomic E-state index is 12.4. The van der Waals surface area contributed by atoms with Gasteiger partial charge in [-0.3, -0.25) is 14.9 Å². The first kappa shape index (κ1) is 19.8. The van der Waals surface area contributed by atoms with Crippen molar-refractivity contribution in [1.82, 2.24) is 9.55 Å². The number of furan rings is 1. The van der Waals surface area contributed by atoms with Crippen LogP contribution in [0.5, 0.6) is 5.75 Å². The number of hydrogen-bond donors (Lipinski definition) is 0. The van der Waals surface area contributed by atoms with Gasteiger partial charge in [0.2, 0.25) is 0 Å². The van der Waals surface area contributed by atoms with E-state index in [0.717, 1.165) is 5.69 Å². The summed E-state index contributed by atoms with van der Waals surface area (Å²) < 4.78 is 13.1. The lowest BCUT2D eigenvalue weighted by Gasteiger charge is -2.03. The Hall–Kier alpha value is -4.46. The number of nitrogens with zero attached hydrogens (tertiary/aromatic N) is 3. The number of nitro benzene ring substituents is 1. The van der Waals surface area contributed by atoms with E-state index in [9.17, 15) is 14.9 Å². The van der Waals surface area contributed by atoms with E-state index in [1.54, 1.807) is 42.9 Å². The lowest BCUT2D eigenvalue weighted by atomic mass is 10.1. The number of nitro groups is 1. The zero-order valence-electron chi connectivity index (χ0n) is 16.3. The molecule has 0 aliphatic carbocycles. The third-order valence-corrected chi connectivity index (χ3v) is 4.46. The Bertz CT molecular complexity index is 1210. The number of rotatable bonds is 8. The Morgan fingerprint density at radius 1 is 1.10 bits per heavy atom. The standard InChI is InChI=1S/C23H17N3O5/c27-23(17-1-3-18(4-2-17)25-14-13-24-16-25)12-11-21-9-10-22(31-21)15-30-20-7-5-19(6-8-20)26(28)29/h1-14,16H,15H2/b12-11+. The van der Waals surface area contributed by atoms with Crippen molar-refractivity contribution in [2.75, 3.05) is 0 Å². The summed E-state index contributed by atoms with van der Waals surface area (Å²) in [6.07, 6.45) is 8.26. The van der Waals surface area contributed by atoms with E-state index in [0.29, 0.717) is 22.8 Å². The third kappa shape index (κ3) is 4.94. The van der Waals surface area contributed by atoms with E-state index in [1.807, 2.05) is 22.9 Å². The van der Waals surface area contributed by atoms with Crippen molar-refractivity contribution in [3.63, 3.8) is 0 Å². The highest BCUT2D eigenvalue weighted by Crippen LogP contribution is 2.19. The predicted molar refractivity (Wildman–Crippen MR) is 113 cm³/mol. The molecule has 0 saturated heterocycles. The smallest absolute Gasteiger partial charge is 0.269 e. The molecule has 0 aliphatic rings. The second kappa shape index (κ2) is 8.91. The van der Waals surface area contributed by atoms with Crippen LogP contribution in [0.2, 0.25) is 0 Å². The van der Waals surface area contributed by atoms with Crippen LogP contribution in [0.3, 0.4) is 0 Å². The Kier molecular flexibility index (Phi) is 5.70. The predicted octanol–water partition coefficient (Wildman–Crippen LogP) is 4.85. The molecule has 0 aliphatic heterocycles. The topological polar surface area (TPSA) is 100 Å². The van der Waals surface area contributed by atoms with E-state index in [1.165, 1.54) is 30.3 Å². The second-order valence-electron chi connectivity index (χ2n) is 6.56. The number of imidazole rings is 1. The molecule has 0 fully saturated rings. The number of ketones is 1. The number of allylic oxidation sites excluding steroid dienone is 1. The lowest BCUT2D eigenvalue weighted by molar-refractivity contribution is -0.384. The third-order valence-electron chi connectivity index (χ3n) is 4.46. The van der Waals surface area contributed by atoms with Gasteiger partial charge in [0.15, 0.2) is 5.78 Å². The summed E-state index contributed by atoms with van der Waals surface area (Å²) >= 11 is 0. The number of carbonyl (C=O) groups excluding carboxylic acids is 1. The van der Waals surface area contributed by atoms with Crippen LogP contribution in [-0.2, 0) is 6.61 Å². The molecule has 0 bridgehead atoms. The van der Waals surface area contributed by atoms with E-state index in [4.69, 9.17) is 9.15 Å². The SMILES string of the molecule is O=C(/C=C/c1ccc(COc2ccc([N+](=O)[O-])cc2)o1)c1ccc(-n2ccnc2)cc1. The summed E-state index contributed by atoms with van der Waals surface area (Å²) in [5.41, 5.74) is 1.48. The summed E-state index contributed by atoms with van der Waals surface area (Å²) in [7, 11) is 0. The van der Waals surface area contributed by atoms with E-state index in [2.05, 4.69) is 4.98 Å². The van der Waals surface area contributed by atoms with E-state index in [-0.39, 0.29) is 18.1 Å². The van der Waals surface area contributed by atoms with Crippen molar-refractivity contribution in [3.05, 3.63) is 113 Å². The molecule has 0 spiro atoms.